The van der Waals surface area contributed by atoms with E-state index in [1.54, 1.807) is 12.4 Å². The van der Waals surface area contributed by atoms with E-state index >= 15 is 0 Å². The van der Waals surface area contributed by atoms with E-state index in [0.717, 1.165) is 41.1 Å². The first-order valence-corrected chi connectivity index (χ1v) is 14.1. The summed E-state index contributed by atoms with van der Waals surface area (Å²) in [5.74, 6) is 3.15. The zero-order valence-electron chi connectivity index (χ0n) is 23.9. The number of hydrogen-bond acceptors (Lipinski definition) is 5. The molecule has 0 saturated carbocycles. The Morgan fingerprint density at radius 3 is 2.12 bits per heavy atom. The van der Waals surface area contributed by atoms with Gasteiger partial charge in [-0.3, -0.25) is 4.57 Å². The Morgan fingerprint density at radius 1 is 0.643 bits per heavy atom. The van der Waals surface area contributed by atoms with Gasteiger partial charge in [0.15, 0.2) is 0 Å². The fourth-order valence-corrected chi connectivity index (χ4v) is 5.97. The first kappa shape index (κ1) is 25.6. The van der Waals surface area contributed by atoms with Crippen LogP contribution in [-0.2, 0) is 0 Å². The van der Waals surface area contributed by atoms with Crippen LogP contribution in [0.15, 0.2) is 122 Å². The molecule has 0 aliphatic carbocycles. The lowest BCUT2D eigenvalue weighted by Crippen LogP contribution is -2.25. The van der Waals surface area contributed by atoms with Gasteiger partial charge in [-0.05, 0) is 80.4 Å². The summed E-state index contributed by atoms with van der Waals surface area (Å²) in [5.41, 5.74) is 9.53. The van der Waals surface area contributed by atoms with Crippen molar-refractivity contribution in [2.75, 3.05) is 16.5 Å². The summed E-state index contributed by atoms with van der Waals surface area (Å²) in [6.45, 7) is 7.28. The van der Waals surface area contributed by atoms with Gasteiger partial charge in [0.1, 0.15) is 29.8 Å². The van der Waals surface area contributed by atoms with Crippen LogP contribution in [0, 0.1) is 20.8 Å². The fraction of sp³-hybridized carbons (Fsp3) is 0.111. The Bertz CT molecular complexity index is 1870. The number of anilines is 4. The topological polar surface area (TPSA) is 46.4 Å². The van der Waals surface area contributed by atoms with Gasteiger partial charge in [-0.15, -0.1) is 0 Å². The first-order chi connectivity index (χ1) is 20.5. The Balaban J connectivity index is 1.18. The molecular formula is C36H31N5O. The van der Waals surface area contributed by atoms with Crippen LogP contribution < -0.4 is 14.5 Å². The molecule has 0 fully saturated rings. The van der Waals surface area contributed by atoms with Crippen LogP contribution in [0.4, 0.5) is 22.7 Å². The number of benzene rings is 4. The molecule has 2 aromatic heterocycles. The van der Waals surface area contributed by atoms with Crippen LogP contribution in [0.3, 0.4) is 0 Å². The van der Waals surface area contributed by atoms with Gasteiger partial charge in [-0.1, -0.05) is 54.1 Å². The van der Waals surface area contributed by atoms with Crippen molar-refractivity contribution in [3.8, 4) is 28.7 Å². The minimum Gasteiger partial charge on any atom is -0.457 e. The second-order valence-electron chi connectivity index (χ2n) is 10.7. The summed E-state index contributed by atoms with van der Waals surface area (Å²) in [6, 6.07) is 35.3. The molecule has 206 valence electrons. The number of aryl methyl sites for hydroxylation is 3. The molecule has 1 aliphatic rings. The van der Waals surface area contributed by atoms with Crippen molar-refractivity contribution in [1.29, 1.82) is 0 Å². The Labute approximate surface area is 246 Å². The predicted molar refractivity (Wildman–Crippen MR) is 170 cm³/mol. The predicted octanol–water partition coefficient (Wildman–Crippen LogP) is 8.90. The van der Waals surface area contributed by atoms with Crippen molar-refractivity contribution in [3.63, 3.8) is 0 Å². The Hall–Kier alpha value is -5.36. The van der Waals surface area contributed by atoms with Crippen molar-refractivity contribution < 1.29 is 4.74 Å². The summed E-state index contributed by atoms with van der Waals surface area (Å²) in [7, 11) is 0. The van der Waals surface area contributed by atoms with Crippen molar-refractivity contribution in [3.05, 3.63) is 138 Å². The number of rotatable bonds is 6. The van der Waals surface area contributed by atoms with Gasteiger partial charge in [-0.25, -0.2) is 9.97 Å². The van der Waals surface area contributed by atoms with E-state index in [-0.39, 0.29) is 0 Å². The van der Waals surface area contributed by atoms with Gasteiger partial charge < -0.3 is 14.5 Å². The number of fused-ring (bicyclic) bond motifs is 1. The zero-order chi connectivity index (χ0) is 28.6. The summed E-state index contributed by atoms with van der Waals surface area (Å²) in [4.78, 5) is 13.9. The molecule has 0 spiro atoms. The summed E-state index contributed by atoms with van der Waals surface area (Å²) in [5, 5.41) is 0. The third-order valence-corrected chi connectivity index (χ3v) is 7.65. The molecule has 1 aliphatic heterocycles. The smallest absolute Gasteiger partial charge is 0.145 e. The van der Waals surface area contributed by atoms with Crippen molar-refractivity contribution in [2.45, 2.75) is 20.8 Å². The molecule has 6 heteroatoms. The third-order valence-electron chi connectivity index (χ3n) is 7.65. The minimum absolute atomic E-state index is 0.721. The number of para-hydroxylation sites is 2. The van der Waals surface area contributed by atoms with Crippen molar-refractivity contribution in [2.24, 2.45) is 0 Å². The lowest BCUT2D eigenvalue weighted by molar-refractivity contribution is 0.483. The molecule has 6 nitrogen and oxygen atoms in total. The van der Waals surface area contributed by atoms with E-state index in [9.17, 15) is 0 Å². The highest BCUT2D eigenvalue weighted by atomic mass is 16.5. The van der Waals surface area contributed by atoms with E-state index < -0.39 is 0 Å². The zero-order valence-corrected chi connectivity index (χ0v) is 23.9. The lowest BCUT2D eigenvalue weighted by Gasteiger charge is -2.25. The summed E-state index contributed by atoms with van der Waals surface area (Å²) >= 11 is 0. The molecule has 4 aromatic carbocycles. The van der Waals surface area contributed by atoms with Crippen LogP contribution in [-0.4, -0.2) is 21.2 Å². The van der Waals surface area contributed by atoms with E-state index in [2.05, 4.69) is 95.1 Å². The SMILES string of the molecule is Cc1cc(C)c(N2CN(c3cccc(Oc4cccc(-c5nccn5-c5ccccn5)c4)c3)c3ccccc32)c(C)c1. The van der Waals surface area contributed by atoms with Gasteiger partial charge in [0.2, 0.25) is 0 Å². The van der Waals surface area contributed by atoms with E-state index in [1.165, 1.54) is 33.8 Å². The molecule has 0 atom stereocenters. The molecule has 6 aromatic rings. The van der Waals surface area contributed by atoms with E-state index in [4.69, 9.17) is 4.74 Å². The van der Waals surface area contributed by atoms with Crippen LogP contribution in [0.5, 0.6) is 11.5 Å². The Kier molecular flexibility index (Phi) is 6.44. The average molecular weight is 550 g/mol. The highest BCUT2D eigenvalue weighted by molar-refractivity contribution is 5.88. The number of ether oxygens (including phenoxy) is 1. The molecule has 0 saturated heterocycles. The van der Waals surface area contributed by atoms with Gasteiger partial charge >= 0.3 is 0 Å². The lowest BCUT2D eigenvalue weighted by atomic mass is 10.0. The molecule has 0 unspecified atom stereocenters. The normalized spacial score (nSPS) is 12.5. The minimum atomic E-state index is 0.721. The maximum atomic E-state index is 6.42. The third kappa shape index (κ3) is 4.67. The van der Waals surface area contributed by atoms with Crippen LogP contribution in [0.1, 0.15) is 16.7 Å². The second-order valence-corrected chi connectivity index (χ2v) is 10.7. The standard InChI is InChI=1S/C36H31N5O/c1-25-20-26(2)35(27(3)21-25)41-24-40(32-14-4-5-15-33(32)41)29-11-9-13-31(23-29)42-30-12-8-10-28(22-30)36-38-18-19-39(36)34-16-6-7-17-37-34/h4-23H,24H2,1-3H3. The largest absolute Gasteiger partial charge is 0.457 e. The van der Waals surface area contributed by atoms with E-state index in [0.29, 0.717) is 0 Å². The van der Waals surface area contributed by atoms with Gasteiger partial charge in [-0.2, -0.15) is 0 Å². The molecule has 0 bridgehead atoms. The average Bonchev–Trinajstić information content (AvgIpc) is 3.64. The number of pyridine rings is 1. The Morgan fingerprint density at radius 2 is 1.36 bits per heavy atom. The number of imidazole rings is 1. The van der Waals surface area contributed by atoms with Gasteiger partial charge in [0.05, 0.1) is 11.4 Å². The molecule has 0 N–H and O–H groups in total. The quantitative estimate of drug-likeness (QED) is 0.208. The maximum absolute atomic E-state index is 6.42. The summed E-state index contributed by atoms with van der Waals surface area (Å²) < 4.78 is 8.40. The van der Waals surface area contributed by atoms with Gasteiger partial charge in [0.25, 0.3) is 0 Å². The number of aromatic nitrogens is 3. The van der Waals surface area contributed by atoms with Crippen molar-refractivity contribution in [1.82, 2.24) is 14.5 Å². The summed E-state index contributed by atoms with van der Waals surface area (Å²) in [6.07, 6.45) is 5.50. The second kappa shape index (κ2) is 10.6. The van der Waals surface area contributed by atoms with Crippen LogP contribution in [0.25, 0.3) is 17.2 Å². The highest BCUT2D eigenvalue weighted by Gasteiger charge is 2.29. The molecule has 0 amide bonds. The molecule has 0 radical (unpaired) electrons. The van der Waals surface area contributed by atoms with E-state index in [1.807, 2.05) is 59.3 Å². The first-order valence-electron chi connectivity index (χ1n) is 14.1. The van der Waals surface area contributed by atoms with Gasteiger partial charge in [0, 0.05) is 41.6 Å². The van der Waals surface area contributed by atoms with Crippen LogP contribution in [0.2, 0.25) is 0 Å². The molecule has 3 heterocycles. The highest BCUT2D eigenvalue weighted by Crippen LogP contribution is 2.46. The van der Waals surface area contributed by atoms with Crippen molar-refractivity contribution >= 4 is 22.7 Å². The maximum Gasteiger partial charge on any atom is 0.145 e. The monoisotopic (exact) mass is 549 g/mol. The fourth-order valence-electron chi connectivity index (χ4n) is 5.97. The molecular weight excluding hydrogens is 518 g/mol. The molecule has 7 rings (SSSR count). The number of hydrogen-bond donors (Lipinski definition) is 0. The number of nitrogens with zero attached hydrogens (tertiary/aromatic N) is 5. The molecule has 42 heavy (non-hydrogen) atoms. The van der Waals surface area contributed by atoms with Crippen LogP contribution >= 0.6 is 0 Å².